The Labute approximate surface area is 97.2 Å². The predicted molar refractivity (Wildman–Crippen MR) is 61.6 cm³/mol. The molecule has 1 aliphatic rings. The fourth-order valence-electron chi connectivity index (χ4n) is 1.90. The molecule has 1 fully saturated rings. The lowest BCUT2D eigenvalue weighted by molar-refractivity contribution is -0.0909. The van der Waals surface area contributed by atoms with Gasteiger partial charge in [0.15, 0.2) is 0 Å². The molecule has 0 heterocycles. The molecule has 0 aromatic heterocycles. The number of nitrogens with one attached hydrogen (secondary N) is 1. The summed E-state index contributed by atoms with van der Waals surface area (Å²) in [4.78, 5) is 0. The zero-order valence-corrected chi connectivity index (χ0v) is 11.0. The molecule has 3 atom stereocenters. The summed E-state index contributed by atoms with van der Waals surface area (Å²) >= 11 is 0. The summed E-state index contributed by atoms with van der Waals surface area (Å²) in [5, 5.41) is 8.09. The molecule has 3 unspecified atom stereocenters. The van der Waals surface area contributed by atoms with Gasteiger partial charge < -0.3 is 9.84 Å². The van der Waals surface area contributed by atoms with Gasteiger partial charge >= 0.3 is 0 Å². The second kappa shape index (κ2) is 4.60. The maximum Gasteiger partial charge on any atom is 0.216 e. The highest BCUT2D eigenvalue weighted by Crippen LogP contribution is 2.42. The molecule has 0 aliphatic heterocycles. The minimum absolute atomic E-state index is 0.0876. The lowest BCUT2D eigenvalue weighted by atomic mass is 9.65. The van der Waals surface area contributed by atoms with E-state index in [0.29, 0.717) is 6.42 Å². The standard InChI is InChI=1S/C10H21NO4S/c1-7(6-12)16(13,14)11-8-5-9(15-4)10(8,2)3/h7-9,11-12H,5-6H2,1-4H3. The molecule has 5 nitrogen and oxygen atoms in total. The van der Waals surface area contributed by atoms with Gasteiger partial charge in [0.2, 0.25) is 10.0 Å². The van der Waals surface area contributed by atoms with Gasteiger partial charge in [0, 0.05) is 18.6 Å². The van der Waals surface area contributed by atoms with E-state index in [2.05, 4.69) is 4.72 Å². The van der Waals surface area contributed by atoms with Crippen LogP contribution in [0.3, 0.4) is 0 Å². The van der Waals surface area contributed by atoms with Crippen LogP contribution >= 0.6 is 0 Å². The molecular weight excluding hydrogens is 230 g/mol. The zero-order valence-electron chi connectivity index (χ0n) is 10.2. The highest BCUT2D eigenvalue weighted by Gasteiger charge is 2.50. The quantitative estimate of drug-likeness (QED) is 0.726. The third-order valence-corrected chi connectivity index (χ3v) is 5.38. The molecule has 2 N–H and O–H groups in total. The normalized spacial score (nSPS) is 30.8. The molecule has 0 radical (unpaired) electrons. The van der Waals surface area contributed by atoms with Gasteiger partial charge in [0.05, 0.1) is 18.0 Å². The number of hydrogen-bond acceptors (Lipinski definition) is 4. The fraction of sp³-hybridized carbons (Fsp3) is 1.00. The molecule has 0 amide bonds. The molecule has 0 bridgehead atoms. The lowest BCUT2D eigenvalue weighted by Crippen LogP contribution is -2.62. The second-order valence-electron chi connectivity index (χ2n) is 4.99. The molecule has 1 rings (SSSR count). The van der Waals surface area contributed by atoms with Crippen molar-refractivity contribution in [1.29, 1.82) is 0 Å². The molecule has 0 aromatic rings. The molecule has 6 heteroatoms. The van der Waals surface area contributed by atoms with Crippen LogP contribution in [0, 0.1) is 5.41 Å². The van der Waals surface area contributed by atoms with Crippen molar-refractivity contribution in [1.82, 2.24) is 4.72 Å². The fourth-order valence-corrected chi connectivity index (χ4v) is 3.12. The Morgan fingerprint density at radius 2 is 2.12 bits per heavy atom. The zero-order chi connectivity index (χ0) is 12.6. The van der Waals surface area contributed by atoms with Crippen LogP contribution in [0.25, 0.3) is 0 Å². The van der Waals surface area contributed by atoms with Crippen LogP contribution in [-0.4, -0.2) is 44.6 Å². The highest BCUT2D eigenvalue weighted by atomic mass is 32.2. The van der Waals surface area contributed by atoms with E-state index in [1.807, 2.05) is 13.8 Å². The van der Waals surface area contributed by atoms with Crippen LogP contribution in [0.1, 0.15) is 27.2 Å². The summed E-state index contributed by atoms with van der Waals surface area (Å²) in [6.07, 6.45) is 0.769. The monoisotopic (exact) mass is 251 g/mol. The second-order valence-corrected chi connectivity index (χ2v) is 7.12. The third kappa shape index (κ3) is 2.40. The van der Waals surface area contributed by atoms with Crippen molar-refractivity contribution in [3.8, 4) is 0 Å². The van der Waals surface area contributed by atoms with Crippen molar-refractivity contribution in [2.45, 2.75) is 44.6 Å². The van der Waals surface area contributed by atoms with E-state index in [4.69, 9.17) is 9.84 Å². The van der Waals surface area contributed by atoms with Gasteiger partial charge in [0.25, 0.3) is 0 Å². The van der Waals surface area contributed by atoms with Gasteiger partial charge in [-0.1, -0.05) is 13.8 Å². The minimum atomic E-state index is -3.43. The number of rotatable bonds is 5. The Balaban J connectivity index is 2.65. The Morgan fingerprint density at radius 3 is 2.50 bits per heavy atom. The molecule has 1 aliphatic carbocycles. The smallest absolute Gasteiger partial charge is 0.216 e. The number of sulfonamides is 1. The molecular formula is C10H21NO4S. The van der Waals surface area contributed by atoms with E-state index in [-0.39, 0.29) is 24.2 Å². The number of hydrogen-bond donors (Lipinski definition) is 2. The number of methoxy groups -OCH3 is 1. The molecule has 0 spiro atoms. The first kappa shape index (κ1) is 13.9. The Morgan fingerprint density at radius 1 is 1.56 bits per heavy atom. The first-order valence-electron chi connectivity index (χ1n) is 5.40. The van der Waals surface area contributed by atoms with Crippen LogP contribution in [0.4, 0.5) is 0 Å². The van der Waals surface area contributed by atoms with Gasteiger partial charge in [0.1, 0.15) is 0 Å². The van der Waals surface area contributed by atoms with Crippen molar-refractivity contribution < 1.29 is 18.3 Å². The van der Waals surface area contributed by atoms with E-state index < -0.39 is 15.3 Å². The summed E-state index contributed by atoms with van der Waals surface area (Å²) in [6, 6.07) is -0.114. The topological polar surface area (TPSA) is 75.6 Å². The Kier molecular flexibility index (Phi) is 3.99. The average Bonchev–Trinajstić information content (AvgIpc) is 2.22. The molecule has 16 heavy (non-hydrogen) atoms. The maximum atomic E-state index is 11.7. The Hall–Kier alpha value is -0.170. The molecule has 0 aromatic carbocycles. The summed E-state index contributed by atoms with van der Waals surface area (Å²) < 4.78 is 31.4. The lowest BCUT2D eigenvalue weighted by Gasteiger charge is -2.51. The molecule has 96 valence electrons. The van der Waals surface area contributed by atoms with Crippen LogP contribution in [0.5, 0.6) is 0 Å². The van der Waals surface area contributed by atoms with E-state index in [0.717, 1.165) is 0 Å². The first-order chi connectivity index (χ1) is 7.25. The Bertz CT molecular complexity index is 339. The summed E-state index contributed by atoms with van der Waals surface area (Å²) in [7, 11) is -1.80. The van der Waals surface area contributed by atoms with E-state index >= 15 is 0 Å². The number of ether oxygens (including phenoxy) is 1. The third-order valence-electron chi connectivity index (χ3n) is 3.56. The number of aliphatic hydroxyl groups excluding tert-OH is 1. The van der Waals surface area contributed by atoms with Crippen LogP contribution in [0.2, 0.25) is 0 Å². The van der Waals surface area contributed by atoms with Crippen molar-refractivity contribution in [2.75, 3.05) is 13.7 Å². The van der Waals surface area contributed by atoms with Crippen LogP contribution in [0.15, 0.2) is 0 Å². The van der Waals surface area contributed by atoms with Gasteiger partial charge in [-0.25, -0.2) is 13.1 Å². The van der Waals surface area contributed by atoms with Gasteiger partial charge in [-0.15, -0.1) is 0 Å². The largest absolute Gasteiger partial charge is 0.395 e. The SMILES string of the molecule is COC1CC(NS(=O)(=O)C(C)CO)C1(C)C. The van der Waals surface area contributed by atoms with Crippen molar-refractivity contribution in [2.24, 2.45) is 5.41 Å². The molecule has 0 saturated heterocycles. The first-order valence-corrected chi connectivity index (χ1v) is 6.95. The van der Waals surface area contributed by atoms with Gasteiger partial charge in [-0.3, -0.25) is 0 Å². The van der Waals surface area contributed by atoms with Gasteiger partial charge in [-0.2, -0.15) is 0 Å². The predicted octanol–water partition coefficient (Wildman–Crippen LogP) is 0.100. The van der Waals surface area contributed by atoms with Crippen molar-refractivity contribution >= 4 is 10.0 Å². The van der Waals surface area contributed by atoms with Crippen LogP contribution < -0.4 is 4.72 Å². The summed E-state index contributed by atoms with van der Waals surface area (Å²) in [6.45, 7) is 5.07. The van der Waals surface area contributed by atoms with Crippen molar-refractivity contribution in [3.63, 3.8) is 0 Å². The van der Waals surface area contributed by atoms with E-state index in [1.54, 1.807) is 7.11 Å². The van der Waals surface area contributed by atoms with E-state index in [9.17, 15) is 8.42 Å². The highest BCUT2D eigenvalue weighted by molar-refractivity contribution is 7.90. The minimum Gasteiger partial charge on any atom is -0.395 e. The number of aliphatic hydroxyl groups is 1. The van der Waals surface area contributed by atoms with Gasteiger partial charge in [-0.05, 0) is 13.3 Å². The molecule has 1 saturated carbocycles. The van der Waals surface area contributed by atoms with Crippen molar-refractivity contribution in [3.05, 3.63) is 0 Å². The summed E-state index contributed by atoms with van der Waals surface area (Å²) in [5.41, 5.74) is -0.197. The van der Waals surface area contributed by atoms with Crippen LogP contribution in [-0.2, 0) is 14.8 Å². The maximum absolute atomic E-state index is 11.7. The summed E-state index contributed by atoms with van der Waals surface area (Å²) in [5.74, 6) is 0. The average molecular weight is 251 g/mol. The van der Waals surface area contributed by atoms with E-state index in [1.165, 1.54) is 6.92 Å².